The lowest BCUT2D eigenvalue weighted by Gasteiger charge is -2.34. The Labute approximate surface area is 94.7 Å². The molecular formula is C11H19IO. The average molecular weight is 294 g/mol. The van der Waals surface area contributed by atoms with E-state index in [4.69, 9.17) is 0 Å². The highest BCUT2D eigenvalue weighted by Gasteiger charge is 2.31. The van der Waals surface area contributed by atoms with Crippen LogP contribution < -0.4 is 0 Å². The van der Waals surface area contributed by atoms with Gasteiger partial charge >= 0.3 is 0 Å². The molecule has 2 heteroatoms. The molecule has 13 heavy (non-hydrogen) atoms. The van der Waals surface area contributed by atoms with Gasteiger partial charge in [-0.05, 0) is 38.5 Å². The van der Waals surface area contributed by atoms with E-state index in [1.54, 1.807) is 0 Å². The van der Waals surface area contributed by atoms with Crippen molar-refractivity contribution >= 4 is 22.6 Å². The van der Waals surface area contributed by atoms with E-state index in [1.807, 2.05) is 6.92 Å². The summed E-state index contributed by atoms with van der Waals surface area (Å²) in [6.45, 7) is 4.18. The monoisotopic (exact) mass is 294 g/mol. The summed E-state index contributed by atoms with van der Waals surface area (Å²) >= 11 is 2.28. The van der Waals surface area contributed by atoms with E-state index in [-0.39, 0.29) is 0 Å². The second-order valence-electron chi connectivity index (χ2n) is 4.19. The molecule has 1 nitrogen and oxygen atoms in total. The van der Waals surface area contributed by atoms with Gasteiger partial charge in [-0.2, -0.15) is 0 Å². The van der Waals surface area contributed by atoms with E-state index >= 15 is 0 Å². The summed E-state index contributed by atoms with van der Waals surface area (Å²) in [6.07, 6.45) is 6.90. The zero-order chi connectivity index (χ0) is 9.90. The number of hydrogen-bond donors (Lipinski definition) is 1. The van der Waals surface area contributed by atoms with E-state index in [9.17, 15) is 5.11 Å². The molecule has 0 fully saturated rings. The van der Waals surface area contributed by atoms with Gasteiger partial charge in [0.1, 0.15) is 0 Å². The fourth-order valence-corrected chi connectivity index (χ4v) is 2.54. The topological polar surface area (TPSA) is 20.2 Å². The predicted octanol–water partition coefficient (Wildman–Crippen LogP) is 3.31. The van der Waals surface area contributed by atoms with Crippen molar-refractivity contribution in [3.63, 3.8) is 0 Å². The molecule has 0 radical (unpaired) electrons. The molecule has 2 atom stereocenters. The van der Waals surface area contributed by atoms with Crippen LogP contribution in [0.5, 0.6) is 0 Å². The largest absolute Gasteiger partial charge is 0.389 e. The molecule has 0 aliphatic heterocycles. The van der Waals surface area contributed by atoms with Crippen LogP contribution in [0.4, 0.5) is 0 Å². The number of halogens is 1. The fraction of sp³-hybridized carbons (Fsp3) is 0.818. The Balaban J connectivity index is 2.60. The number of hydrogen-bond acceptors (Lipinski definition) is 1. The second kappa shape index (κ2) is 4.78. The summed E-state index contributed by atoms with van der Waals surface area (Å²) in [5, 5.41) is 10.1. The normalized spacial score (nSPS) is 28.0. The van der Waals surface area contributed by atoms with Gasteiger partial charge in [-0.25, -0.2) is 0 Å². The Morgan fingerprint density at radius 2 is 2.38 bits per heavy atom. The summed E-state index contributed by atoms with van der Waals surface area (Å²) in [5.74, 6) is 0.476. The molecular weight excluding hydrogens is 275 g/mol. The van der Waals surface area contributed by atoms with Crippen LogP contribution in [0.3, 0.4) is 0 Å². The van der Waals surface area contributed by atoms with E-state index in [1.165, 1.54) is 5.57 Å². The molecule has 0 aromatic heterocycles. The zero-order valence-electron chi connectivity index (χ0n) is 8.52. The maximum absolute atomic E-state index is 10.1. The van der Waals surface area contributed by atoms with Crippen molar-refractivity contribution in [2.75, 3.05) is 4.43 Å². The number of rotatable bonds is 3. The van der Waals surface area contributed by atoms with Crippen LogP contribution in [-0.4, -0.2) is 15.1 Å². The molecule has 1 aliphatic carbocycles. The maximum Gasteiger partial charge on any atom is 0.0739 e. The second-order valence-corrected chi connectivity index (χ2v) is 4.95. The highest BCUT2D eigenvalue weighted by Crippen LogP contribution is 2.34. The molecule has 0 saturated heterocycles. The van der Waals surface area contributed by atoms with Gasteiger partial charge in [-0.1, -0.05) is 41.2 Å². The van der Waals surface area contributed by atoms with Crippen molar-refractivity contribution in [2.24, 2.45) is 5.92 Å². The minimum Gasteiger partial charge on any atom is -0.389 e. The molecule has 76 valence electrons. The van der Waals surface area contributed by atoms with Crippen molar-refractivity contribution in [2.45, 2.75) is 45.1 Å². The molecule has 0 aromatic carbocycles. The molecule has 1 unspecified atom stereocenters. The molecule has 0 aromatic rings. The fourth-order valence-electron chi connectivity index (χ4n) is 1.92. The predicted molar refractivity (Wildman–Crippen MR) is 65.2 cm³/mol. The van der Waals surface area contributed by atoms with Gasteiger partial charge in [0, 0.05) is 4.43 Å². The maximum atomic E-state index is 10.1. The smallest absolute Gasteiger partial charge is 0.0739 e. The molecule has 0 saturated carbocycles. The minimum atomic E-state index is -0.463. The Bertz CT molecular complexity index is 196. The van der Waals surface area contributed by atoms with Crippen LogP contribution >= 0.6 is 22.6 Å². The third kappa shape index (κ3) is 2.94. The van der Waals surface area contributed by atoms with Crippen LogP contribution in [0.2, 0.25) is 0 Å². The van der Waals surface area contributed by atoms with Crippen molar-refractivity contribution in [3.8, 4) is 0 Å². The third-order valence-electron chi connectivity index (χ3n) is 3.06. The third-order valence-corrected chi connectivity index (χ3v) is 4.61. The lowest BCUT2D eigenvalue weighted by Crippen LogP contribution is -2.37. The zero-order valence-corrected chi connectivity index (χ0v) is 10.7. The average Bonchev–Trinajstić information content (AvgIpc) is 2.18. The Morgan fingerprint density at radius 3 is 2.92 bits per heavy atom. The first-order chi connectivity index (χ1) is 6.10. The number of aliphatic hydroxyl groups is 1. The minimum absolute atomic E-state index is 0.463. The lowest BCUT2D eigenvalue weighted by molar-refractivity contribution is 0.0189. The lowest BCUT2D eigenvalue weighted by atomic mass is 9.78. The summed E-state index contributed by atoms with van der Waals surface area (Å²) < 4.78 is 0.840. The van der Waals surface area contributed by atoms with Crippen LogP contribution in [0.25, 0.3) is 0 Å². The molecule has 0 amide bonds. The first-order valence-electron chi connectivity index (χ1n) is 5.06. The summed E-state index contributed by atoms with van der Waals surface area (Å²) in [5.41, 5.74) is 1.07. The first kappa shape index (κ1) is 11.5. The van der Waals surface area contributed by atoms with Crippen molar-refractivity contribution in [1.82, 2.24) is 0 Å². The van der Waals surface area contributed by atoms with Crippen molar-refractivity contribution in [1.29, 1.82) is 0 Å². The van der Waals surface area contributed by atoms with E-state index in [0.717, 1.165) is 30.1 Å². The van der Waals surface area contributed by atoms with E-state index in [2.05, 4.69) is 35.6 Å². The number of alkyl halides is 1. The van der Waals surface area contributed by atoms with Crippen molar-refractivity contribution < 1.29 is 5.11 Å². The summed E-state index contributed by atoms with van der Waals surface area (Å²) in [7, 11) is 0. The summed E-state index contributed by atoms with van der Waals surface area (Å²) in [4.78, 5) is 0. The quantitative estimate of drug-likeness (QED) is 0.481. The molecule has 0 bridgehead atoms. The Morgan fingerprint density at radius 1 is 1.69 bits per heavy atom. The van der Waals surface area contributed by atoms with Crippen LogP contribution in [-0.2, 0) is 0 Å². The molecule has 1 aliphatic rings. The van der Waals surface area contributed by atoms with Gasteiger partial charge in [-0.3, -0.25) is 0 Å². The van der Waals surface area contributed by atoms with Gasteiger partial charge in [0.2, 0.25) is 0 Å². The van der Waals surface area contributed by atoms with E-state index < -0.39 is 5.60 Å². The molecule has 0 heterocycles. The van der Waals surface area contributed by atoms with Gasteiger partial charge < -0.3 is 5.11 Å². The molecule has 0 spiro atoms. The van der Waals surface area contributed by atoms with Gasteiger partial charge in [0.05, 0.1) is 5.60 Å². The van der Waals surface area contributed by atoms with Gasteiger partial charge in [-0.15, -0.1) is 0 Å². The van der Waals surface area contributed by atoms with Gasteiger partial charge in [0.25, 0.3) is 0 Å². The first-order valence-corrected chi connectivity index (χ1v) is 6.59. The summed E-state index contributed by atoms with van der Waals surface area (Å²) in [6, 6.07) is 0. The standard InChI is InChI=1S/C11H19IO/c1-3-9-5-4-6-10(7-9)11(2,13)8-12/h5,10,13H,3-4,6-8H2,1-2H3/t10?,11-/m1/s1. The van der Waals surface area contributed by atoms with Crippen LogP contribution in [0, 0.1) is 5.92 Å². The SMILES string of the molecule is CCC1=CCCC([C@](C)(O)CI)C1. The van der Waals surface area contributed by atoms with Crippen LogP contribution in [0.1, 0.15) is 39.5 Å². The Kier molecular flexibility index (Phi) is 4.23. The van der Waals surface area contributed by atoms with Crippen molar-refractivity contribution in [3.05, 3.63) is 11.6 Å². The highest BCUT2D eigenvalue weighted by molar-refractivity contribution is 14.1. The van der Waals surface area contributed by atoms with Gasteiger partial charge in [0.15, 0.2) is 0 Å². The highest BCUT2D eigenvalue weighted by atomic mass is 127. The Hall–Kier alpha value is 0.430. The molecule has 1 rings (SSSR count). The number of allylic oxidation sites excluding steroid dienone is 2. The van der Waals surface area contributed by atoms with E-state index in [0.29, 0.717) is 5.92 Å². The van der Waals surface area contributed by atoms with Crippen LogP contribution in [0.15, 0.2) is 11.6 Å². The molecule has 1 N–H and O–H groups in total.